The first-order valence-electron chi connectivity index (χ1n) is 6.73. The molecule has 1 aliphatic rings. The fourth-order valence-electron chi connectivity index (χ4n) is 2.76. The first-order valence-corrected chi connectivity index (χ1v) is 7.27. The number of hydrogen-bond acceptors (Lipinski definition) is 2. The predicted octanol–water partition coefficient (Wildman–Crippen LogP) is 3.54. The fourth-order valence-corrected chi connectivity index (χ4v) is 3.07. The number of benzene rings is 1. The van der Waals surface area contributed by atoms with E-state index < -0.39 is 0 Å². The van der Waals surface area contributed by atoms with Crippen LogP contribution in [0, 0.1) is 5.92 Å². The topological polar surface area (TPSA) is 12.5 Å². The summed E-state index contributed by atoms with van der Waals surface area (Å²) >= 11 is 5.85. The molecule has 3 heteroatoms. The molecule has 0 aromatic heterocycles. The summed E-state index contributed by atoms with van der Waals surface area (Å²) in [4.78, 5) is 2.53. The average Bonchev–Trinajstić information content (AvgIpc) is 2.40. The van der Waals surface area contributed by atoms with E-state index in [1.54, 1.807) is 7.11 Å². The predicted molar refractivity (Wildman–Crippen MR) is 76.3 cm³/mol. The number of para-hydroxylation sites is 1. The Morgan fingerprint density at radius 3 is 3.00 bits per heavy atom. The third-order valence-electron chi connectivity index (χ3n) is 3.71. The second-order valence-electron chi connectivity index (χ2n) is 5.03. The summed E-state index contributed by atoms with van der Waals surface area (Å²) in [6.07, 6.45) is 3.76. The van der Waals surface area contributed by atoms with Gasteiger partial charge in [0.25, 0.3) is 0 Å². The lowest BCUT2D eigenvalue weighted by Gasteiger charge is -2.32. The SMILES string of the molecule is COc1ccccc1CN1CCCC(CCCl)C1. The Kier molecular flexibility index (Phi) is 5.33. The minimum absolute atomic E-state index is 0.769. The van der Waals surface area contributed by atoms with E-state index in [1.165, 1.54) is 31.5 Å². The highest BCUT2D eigenvalue weighted by molar-refractivity contribution is 6.17. The van der Waals surface area contributed by atoms with Crippen LogP contribution in [0.4, 0.5) is 0 Å². The summed E-state index contributed by atoms with van der Waals surface area (Å²) in [5.41, 5.74) is 1.28. The Balaban J connectivity index is 1.96. The fraction of sp³-hybridized carbons (Fsp3) is 0.600. The molecule has 0 bridgehead atoms. The third kappa shape index (κ3) is 3.63. The highest BCUT2D eigenvalue weighted by Gasteiger charge is 2.20. The van der Waals surface area contributed by atoms with Gasteiger partial charge in [0.05, 0.1) is 7.11 Å². The molecule has 1 aliphatic heterocycles. The van der Waals surface area contributed by atoms with Crippen molar-refractivity contribution < 1.29 is 4.74 Å². The van der Waals surface area contributed by atoms with Crippen molar-refractivity contribution in [3.63, 3.8) is 0 Å². The summed E-state index contributed by atoms with van der Waals surface area (Å²) in [7, 11) is 1.74. The van der Waals surface area contributed by atoms with Gasteiger partial charge in [0.2, 0.25) is 0 Å². The summed E-state index contributed by atoms with van der Waals surface area (Å²) in [6.45, 7) is 3.35. The molecule has 1 unspecified atom stereocenters. The van der Waals surface area contributed by atoms with Crippen molar-refractivity contribution in [3.05, 3.63) is 29.8 Å². The van der Waals surface area contributed by atoms with Crippen LogP contribution in [-0.4, -0.2) is 31.0 Å². The van der Waals surface area contributed by atoms with E-state index >= 15 is 0 Å². The smallest absolute Gasteiger partial charge is 0.123 e. The summed E-state index contributed by atoms with van der Waals surface area (Å²) in [5.74, 6) is 2.55. The van der Waals surface area contributed by atoms with E-state index in [4.69, 9.17) is 16.3 Å². The molecule has 1 saturated heterocycles. The lowest BCUT2D eigenvalue weighted by atomic mass is 9.95. The highest BCUT2D eigenvalue weighted by Crippen LogP contribution is 2.24. The van der Waals surface area contributed by atoms with Crippen LogP contribution in [0.15, 0.2) is 24.3 Å². The monoisotopic (exact) mass is 267 g/mol. The third-order valence-corrected chi connectivity index (χ3v) is 3.93. The number of hydrogen-bond donors (Lipinski definition) is 0. The molecule has 0 spiro atoms. The molecular formula is C15H22ClNO. The van der Waals surface area contributed by atoms with Gasteiger partial charge in [0.15, 0.2) is 0 Å². The van der Waals surface area contributed by atoms with Gasteiger partial charge in [-0.15, -0.1) is 11.6 Å². The lowest BCUT2D eigenvalue weighted by Crippen LogP contribution is -2.35. The van der Waals surface area contributed by atoms with Crippen molar-refractivity contribution in [1.82, 2.24) is 4.90 Å². The van der Waals surface area contributed by atoms with E-state index in [-0.39, 0.29) is 0 Å². The van der Waals surface area contributed by atoms with Crippen LogP contribution in [0.2, 0.25) is 0 Å². The number of nitrogens with zero attached hydrogens (tertiary/aromatic N) is 1. The van der Waals surface area contributed by atoms with Crippen LogP contribution in [0.3, 0.4) is 0 Å². The first kappa shape index (κ1) is 13.7. The van der Waals surface area contributed by atoms with E-state index in [0.29, 0.717) is 0 Å². The Morgan fingerprint density at radius 1 is 1.39 bits per heavy atom. The van der Waals surface area contributed by atoms with Crippen LogP contribution < -0.4 is 4.74 Å². The normalized spacial score (nSPS) is 20.9. The number of methoxy groups -OCH3 is 1. The first-order chi connectivity index (χ1) is 8.83. The van der Waals surface area contributed by atoms with Gasteiger partial charge >= 0.3 is 0 Å². The van der Waals surface area contributed by atoms with Crippen molar-refractivity contribution in [2.75, 3.05) is 26.1 Å². The summed E-state index contributed by atoms with van der Waals surface area (Å²) in [5, 5.41) is 0. The average molecular weight is 268 g/mol. The van der Waals surface area contributed by atoms with Gasteiger partial charge in [-0.25, -0.2) is 0 Å². The van der Waals surface area contributed by atoms with Gasteiger partial charge in [-0.05, 0) is 37.8 Å². The Labute approximate surface area is 115 Å². The standard InChI is InChI=1S/C15H22ClNO/c1-18-15-7-3-2-6-14(15)12-17-10-4-5-13(11-17)8-9-16/h2-3,6-7,13H,4-5,8-12H2,1H3. The van der Waals surface area contributed by atoms with Crippen LogP contribution in [-0.2, 0) is 6.54 Å². The molecule has 1 fully saturated rings. The maximum atomic E-state index is 5.85. The molecule has 2 rings (SSSR count). The second-order valence-corrected chi connectivity index (χ2v) is 5.41. The second kappa shape index (κ2) is 7.01. The van der Waals surface area contributed by atoms with Gasteiger partial charge in [-0.1, -0.05) is 18.2 Å². The van der Waals surface area contributed by atoms with Gasteiger partial charge in [0.1, 0.15) is 5.75 Å². The molecule has 1 heterocycles. The van der Waals surface area contributed by atoms with Crippen LogP contribution in [0.5, 0.6) is 5.75 Å². The Morgan fingerprint density at radius 2 is 2.22 bits per heavy atom. The molecule has 0 aliphatic carbocycles. The number of rotatable bonds is 5. The van der Waals surface area contributed by atoms with E-state index in [9.17, 15) is 0 Å². The van der Waals surface area contributed by atoms with E-state index in [0.717, 1.165) is 30.5 Å². The molecule has 1 aromatic carbocycles. The molecule has 0 N–H and O–H groups in total. The number of alkyl halides is 1. The summed E-state index contributed by atoms with van der Waals surface area (Å²) in [6, 6.07) is 8.30. The molecule has 1 atom stereocenters. The van der Waals surface area contributed by atoms with Gasteiger partial charge in [0, 0.05) is 24.5 Å². The zero-order chi connectivity index (χ0) is 12.8. The van der Waals surface area contributed by atoms with Crippen molar-refractivity contribution in [3.8, 4) is 5.75 Å². The number of piperidine rings is 1. The minimum atomic E-state index is 0.769. The molecule has 100 valence electrons. The van der Waals surface area contributed by atoms with E-state index in [1.807, 2.05) is 12.1 Å². The molecule has 18 heavy (non-hydrogen) atoms. The molecule has 0 amide bonds. The molecule has 0 saturated carbocycles. The zero-order valence-corrected chi connectivity index (χ0v) is 11.8. The molecular weight excluding hydrogens is 246 g/mol. The van der Waals surface area contributed by atoms with Crippen LogP contribution in [0.25, 0.3) is 0 Å². The Bertz CT molecular complexity index is 367. The maximum absolute atomic E-state index is 5.85. The Hall–Kier alpha value is -0.730. The van der Waals surface area contributed by atoms with Crippen LogP contribution in [0.1, 0.15) is 24.8 Å². The van der Waals surface area contributed by atoms with Gasteiger partial charge < -0.3 is 4.74 Å². The van der Waals surface area contributed by atoms with Crippen LogP contribution >= 0.6 is 11.6 Å². The van der Waals surface area contributed by atoms with Gasteiger partial charge in [-0.2, -0.15) is 0 Å². The number of likely N-dealkylation sites (tertiary alicyclic amines) is 1. The summed E-state index contributed by atoms with van der Waals surface area (Å²) < 4.78 is 5.41. The molecule has 0 radical (unpaired) electrons. The lowest BCUT2D eigenvalue weighted by molar-refractivity contribution is 0.164. The van der Waals surface area contributed by atoms with Crippen molar-refractivity contribution in [2.45, 2.75) is 25.8 Å². The number of ether oxygens (including phenoxy) is 1. The molecule has 1 aromatic rings. The van der Waals surface area contributed by atoms with Gasteiger partial charge in [-0.3, -0.25) is 4.90 Å². The van der Waals surface area contributed by atoms with Crippen molar-refractivity contribution in [2.24, 2.45) is 5.92 Å². The number of halogens is 1. The largest absolute Gasteiger partial charge is 0.496 e. The zero-order valence-electron chi connectivity index (χ0n) is 11.1. The van der Waals surface area contributed by atoms with E-state index in [2.05, 4.69) is 17.0 Å². The molecule has 2 nitrogen and oxygen atoms in total. The minimum Gasteiger partial charge on any atom is -0.496 e. The quantitative estimate of drug-likeness (QED) is 0.757. The highest BCUT2D eigenvalue weighted by atomic mass is 35.5. The van der Waals surface area contributed by atoms with Crippen molar-refractivity contribution in [1.29, 1.82) is 0 Å². The maximum Gasteiger partial charge on any atom is 0.123 e. The van der Waals surface area contributed by atoms with Crippen molar-refractivity contribution >= 4 is 11.6 Å².